The monoisotopic (exact) mass is 338 g/mol. The van der Waals surface area contributed by atoms with Crippen LogP contribution in [0.1, 0.15) is 24.4 Å². The van der Waals surface area contributed by atoms with E-state index in [0.29, 0.717) is 32.5 Å². The molecule has 5 heteroatoms. The number of benzene rings is 2. The topological polar surface area (TPSA) is 58.6 Å². The molecule has 1 fully saturated rings. The molecule has 2 aromatic rings. The van der Waals surface area contributed by atoms with Crippen molar-refractivity contribution in [1.82, 2.24) is 10.2 Å². The third kappa shape index (κ3) is 4.38. The fourth-order valence-corrected chi connectivity index (χ4v) is 2.98. The van der Waals surface area contributed by atoms with Gasteiger partial charge in [0.05, 0.1) is 6.61 Å². The molecule has 1 heterocycles. The number of carbonyl (C=O) groups excluding carboxylic acids is 2. The summed E-state index contributed by atoms with van der Waals surface area (Å²) in [5.74, 6) is 0.668. The third-order valence-electron chi connectivity index (χ3n) is 4.19. The molecule has 3 rings (SSSR count). The van der Waals surface area contributed by atoms with Gasteiger partial charge in [0.15, 0.2) is 0 Å². The molecule has 130 valence electrons. The number of piperazine rings is 1. The molecule has 0 bridgehead atoms. The molecule has 1 aliphatic rings. The quantitative estimate of drug-likeness (QED) is 0.824. The first-order chi connectivity index (χ1) is 12.3. The average molecular weight is 338 g/mol. The summed E-state index contributed by atoms with van der Waals surface area (Å²) >= 11 is 0. The van der Waals surface area contributed by atoms with Crippen LogP contribution in [0.2, 0.25) is 0 Å². The van der Waals surface area contributed by atoms with E-state index in [1.54, 1.807) is 4.90 Å². The maximum absolute atomic E-state index is 12.6. The maximum atomic E-state index is 12.6. The van der Waals surface area contributed by atoms with Crippen LogP contribution in [0.5, 0.6) is 5.75 Å². The van der Waals surface area contributed by atoms with Gasteiger partial charge in [0, 0.05) is 19.5 Å². The highest BCUT2D eigenvalue weighted by Crippen LogP contribution is 2.24. The van der Waals surface area contributed by atoms with Gasteiger partial charge in [-0.05, 0) is 24.1 Å². The van der Waals surface area contributed by atoms with Gasteiger partial charge in [-0.15, -0.1) is 0 Å². The highest BCUT2D eigenvalue weighted by atomic mass is 16.5. The fraction of sp³-hybridized carbons (Fsp3) is 0.300. The van der Waals surface area contributed by atoms with Crippen molar-refractivity contribution in [3.8, 4) is 5.75 Å². The lowest BCUT2D eigenvalue weighted by molar-refractivity contribution is -0.143. The molecule has 2 aromatic carbocycles. The standard InChI is InChI=1S/C20H22N2O3/c23-18(12-7-15-25-17-10-5-2-6-11-17)22-14-13-21-20(24)19(22)16-8-3-1-4-9-16/h1-6,8-11,19H,7,12-15H2,(H,21,24). The van der Waals surface area contributed by atoms with Crippen molar-refractivity contribution in [2.24, 2.45) is 0 Å². The van der Waals surface area contributed by atoms with Gasteiger partial charge in [-0.3, -0.25) is 9.59 Å². The third-order valence-corrected chi connectivity index (χ3v) is 4.19. The van der Waals surface area contributed by atoms with Gasteiger partial charge >= 0.3 is 0 Å². The van der Waals surface area contributed by atoms with Gasteiger partial charge in [-0.25, -0.2) is 0 Å². The van der Waals surface area contributed by atoms with Gasteiger partial charge < -0.3 is 15.0 Å². The van der Waals surface area contributed by atoms with Crippen LogP contribution < -0.4 is 10.1 Å². The largest absolute Gasteiger partial charge is 0.494 e. The molecule has 1 N–H and O–H groups in total. The molecule has 5 nitrogen and oxygen atoms in total. The highest BCUT2D eigenvalue weighted by molar-refractivity contribution is 5.89. The Labute approximate surface area is 147 Å². The first-order valence-electron chi connectivity index (χ1n) is 8.55. The number of carbonyl (C=O) groups is 2. The molecule has 0 aliphatic carbocycles. The molecule has 2 amide bonds. The van der Waals surface area contributed by atoms with Crippen LogP contribution in [-0.4, -0.2) is 36.4 Å². The second kappa shape index (κ2) is 8.33. The van der Waals surface area contributed by atoms with E-state index >= 15 is 0 Å². The Kier molecular flexibility index (Phi) is 5.67. The SMILES string of the molecule is O=C1NCCN(C(=O)CCCOc2ccccc2)C1c1ccccc1. The summed E-state index contributed by atoms with van der Waals surface area (Å²) in [6.45, 7) is 1.50. The van der Waals surface area contributed by atoms with E-state index < -0.39 is 6.04 Å². The Bertz CT molecular complexity index is 703. The Hall–Kier alpha value is -2.82. The van der Waals surface area contributed by atoms with Gasteiger partial charge in [-0.1, -0.05) is 48.5 Å². The Morgan fingerprint density at radius 1 is 1.08 bits per heavy atom. The number of hydrogen-bond acceptors (Lipinski definition) is 3. The Morgan fingerprint density at radius 2 is 1.76 bits per heavy atom. The zero-order valence-corrected chi connectivity index (χ0v) is 14.1. The molecule has 0 spiro atoms. The predicted octanol–water partition coefficient (Wildman–Crippen LogP) is 2.55. The number of hydrogen-bond donors (Lipinski definition) is 1. The minimum atomic E-state index is -0.544. The lowest BCUT2D eigenvalue weighted by Gasteiger charge is -2.35. The predicted molar refractivity (Wildman–Crippen MR) is 95.1 cm³/mol. The molecule has 1 atom stereocenters. The van der Waals surface area contributed by atoms with E-state index in [2.05, 4.69) is 5.32 Å². The molecule has 0 radical (unpaired) electrons. The van der Waals surface area contributed by atoms with Crippen LogP contribution in [-0.2, 0) is 9.59 Å². The van der Waals surface area contributed by atoms with Crippen molar-refractivity contribution < 1.29 is 14.3 Å². The molecule has 1 unspecified atom stereocenters. The van der Waals surface area contributed by atoms with Crippen LogP contribution in [0.15, 0.2) is 60.7 Å². The smallest absolute Gasteiger partial charge is 0.247 e. The van der Waals surface area contributed by atoms with E-state index in [1.807, 2.05) is 60.7 Å². The summed E-state index contributed by atoms with van der Waals surface area (Å²) in [4.78, 5) is 26.6. The first kappa shape index (κ1) is 17.0. The zero-order chi connectivity index (χ0) is 17.5. The van der Waals surface area contributed by atoms with Crippen LogP contribution in [0.4, 0.5) is 0 Å². The van der Waals surface area contributed by atoms with Crippen molar-refractivity contribution >= 4 is 11.8 Å². The van der Waals surface area contributed by atoms with Gasteiger partial charge in [0.25, 0.3) is 0 Å². The van der Waals surface area contributed by atoms with Crippen molar-refractivity contribution in [2.45, 2.75) is 18.9 Å². The number of para-hydroxylation sites is 1. The van der Waals surface area contributed by atoms with Crippen molar-refractivity contribution in [2.75, 3.05) is 19.7 Å². The average Bonchev–Trinajstić information content (AvgIpc) is 2.66. The lowest BCUT2D eigenvalue weighted by atomic mass is 10.0. The summed E-state index contributed by atoms with van der Waals surface area (Å²) in [6, 6.07) is 18.4. The number of nitrogens with zero attached hydrogens (tertiary/aromatic N) is 1. The molecule has 1 aliphatic heterocycles. The van der Waals surface area contributed by atoms with Crippen molar-refractivity contribution in [3.05, 3.63) is 66.2 Å². The highest BCUT2D eigenvalue weighted by Gasteiger charge is 2.33. The number of amides is 2. The summed E-state index contributed by atoms with van der Waals surface area (Å²) in [6.07, 6.45) is 0.983. The van der Waals surface area contributed by atoms with Crippen LogP contribution in [0.25, 0.3) is 0 Å². The van der Waals surface area contributed by atoms with E-state index in [9.17, 15) is 9.59 Å². The number of rotatable bonds is 6. The van der Waals surface area contributed by atoms with Crippen molar-refractivity contribution in [3.63, 3.8) is 0 Å². The summed E-state index contributed by atoms with van der Waals surface area (Å²) < 4.78 is 5.63. The van der Waals surface area contributed by atoms with Crippen LogP contribution >= 0.6 is 0 Å². The lowest BCUT2D eigenvalue weighted by Crippen LogP contribution is -2.52. The summed E-state index contributed by atoms with van der Waals surface area (Å²) in [5.41, 5.74) is 0.841. The van der Waals surface area contributed by atoms with Crippen LogP contribution in [0, 0.1) is 0 Å². The summed E-state index contributed by atoms with van der Waals surface area (Å²) in [5, 5.41) is 2.85. The van der Waals surface area contributed by atoms with Crippen molar-refractivity contribution in [1.29, 1.82) is 0 Å². The second-order valence-corrected chi connectivity index (χ2v) is 5.96. The summed E-state index contributed by atoms with van der Waals surface area (Å²) in [7, 11) is 0. The van der Waals surface area contributed by atoms with E-state index in [4.69, 9.17) is 4.74 Å². The minimum Gasteiger partial charge on any atom is -0.494 e. The minimum absolute atomic E-state index is 0.0136. The number of ether oxygens (including phenoxy) is 1. The molecule has 25 heavy (non-hydrogen) atoms. The molecular formula is C20H22N2O3. The van der Waals surface area contributed by atoms with Crippen LogP contribution in [0.3, 0.4) is 0 Å². The molecule has 0 aromatic heterocycles. The first-order valence-corrected chi connectivity index (χ1v) is 8.55. The second-order valence-electron chi connectivity index (χ2n) is 5.96. The molecule has 0 saturated carbocycles. The zero-order valence-electron chi connectivity index (χ0n) is 14.1. The van der Waals surface area contributed by atoms with E-state index in [-0.39, 0.29) is 11.8 Å². The molecular weight excluding hydrogens is 316 g/mol. The van der Waals surface area contributed by atoms with Gasteiger partial charge in [0.2, 0.25) is 11.8 Å². The van der Waals surface area contributed by atoms with E-state index in [0.717, 1.165) is 11.3 Å². The normalized spacial score (nSPS) is 17.0. The molecule has 1 saturated heterocycles. The Balaban J connectivity index is 1.57. The Morgan fingerprint density at radius 3 is 2.48 bits per heavy atom. The van der Waals surface area contributed by atoms with Gasteiger partial charge in [-0.2, -0.15) is 0 Å². The number of nitrogens with one attached hydrogen (secondary N) is 1. The van der Waals surface area contributed by atoms with Gasteiger partial charge in [0.1, 0.15) is 11.8 Å². The van der Waals surface area contributed by atoms with E-state index in [1.165, 1.54) is 0 Å². The maximum Gasteiger partial charge on any atom is 0.247 e. The fourth-order valence-electron chi connectivity index (χ4n) is 2.98.